The number of benzene rings is 8. The van der Waals surface area contributed by atoms with E-state index in [0.717, 1.165) is 25.7 Å². The molecule has 0 aromatic heterocycles. The average Bonchev–Trinajstić information content (AvgIpc) is 3.58. The van der Waals surface area contributed by atoms with Crippen molar-refractivity contribution < 1.29 is 0 Å². The third kappa shape index (κ3) is 105. The number of aryl methyl sites for hydroxylation is 4. The third-order valence-electron chi connectivity index (χ3n) is 7.67. The van der Waals surface area contributed by atoms with E-state index in [2.05, 4.69) is 152 Å². The van der Waals surface area contributed by atoms with Crippen molar-refractivity contribution in [3.8, 4) is 0 Å². The molecule has 448 valence electrons. The largest absolute Gasteiger partial charge is 0.0776 e. The van der Waals surface area contributed by atoms with E-state index in [-0.39, 0.29) is 7.43 Å². The summed E-state index contributed by atoms with van der Waals surface area (Å²) in [7, 11) is 0. The summed E-state index contributed by atoms with van der Waals surface area (Å²) in [5.74, 6) is 0. The van der Waals surface area contributed by atoms with Crippen LogP contribution in [0.3, 0.4) is 0 Å². The summed E-state index contributed by atoms with van der Waals surface area (Å²) in [5.41, 5.74) is 5.64. The Balaban J connectivity index is -0.0000000707. The molecule has 8 aromatic carbocycles. The molecular weight excluding hydrogens is 949 g/mol. The summed E-state index contributed by atoms with van der Waals surface area (Å²) in [6.45, 7) is 49.1. The maximum Gasteiger partial charge on any atom is -0.0307 e. The van der Waals surface area contributed by atoms with Crippen LogP contribution in [0, 0.1) is 0 Å². The quantitative estimate of drug-likeness (QED) is 0.165. The number of rotatable bonds is 4. The van der Waals surface area contributed by atoms with Crippen LogP contribution in [0.25, 0.3) is 0 Å². The molecule has 0 saturated carbocycles. The predicted octanol–water partition coefficient (Wildman–Crippen LogP) is 27.4. The van der Waals surface area contributed by atoms with E-state index >= 15 is 0 Å². The van der Waals surface area contributed by atoms with Gasteiger partial charge >= 0.3 is 0 Å². The number of hydrogen-bond acceptors (Lipinski definition) is 0. The van der Waals surface area contributed by atoms with Gasteiger partial charge in [0.2, 0.25) is 0 Å². The summed E-state index contributed by atoms with van der Waals surface area (Å²) in [6, 6.07) is 89.8. The van der Waals surface area contributed by atoms with E-state index < -0.39 is 0 Å². The molecule has 0 radical (unpaired) electrons. The summed E-state index contributed by atoms with van der Waals surface area (Å²) in [6.07, 6.45) is 7.06. The fourth-order valence-corrected chi connectivity index (χ4v) is 4.39. The fraction of sp³-hybridized carbons (Fsp3) is 0.392. The van der Waals surface area contributed by atoms with E-state index in [1.165, 1.54) is 35.1 Å². The van der Waals surface area contributed by atoms with Crippen LogP contribution in [0.5, 0.6) is 0 Å². The molecule has 8 aromatic rings. The van der Waals surface area contributed by atoms with Crippen LogP contribution in [-0.4, -0.2) is 0 Å². The van der Waals surface area contributed by atoms with Crippen LogP contribution in [0.1, 0.15) is 209 Å². The Morgan fingerprint density at radius 2 is 0.215 bits per heavy atom. The van der Waals surface area contributed by atoms with Gasteiger partial charge in [0.25, 0.3) is 0 Å². The van der Waals surface area contributed by atoms with Crippen molar-refractivity contribution in [1.82, 2.24) is 0 Å². The Bertz CT molecular complexity index is 1450. The Kier molecular flexibility index (Phi) is 144. The first-order valence-electron chi connectivity index (χ1n) is 30.7. The molecular formula is C79H132. The van der Waals surface area contributed by atoms with Crippen LogP contribution in [0.4, 0.5) is 0 Å². The summed E-state index contributed by atoms with van der Waals surface area (Å²) in [5, 5.41) is 0. The standard InChI is InChI=1S/4C8H10.4C6H6.2C3H8.8C2H6.CH4/c4*1-2-8-6-4-3-5-7-8;4*1-2-4-6-5-3-1;2*1-3-2;8*1-2;/h4*3-7H,2H2,1H3;4*1-6H;2*3H2,1-2H3;8*1-2H3;1H4. The second-order valence-electron chi connectivity index (χ2n) is 13.4. The van der Waals surface area contributed by atoms with Gasteiger partial charge in [-0.3, -0.25) is 0 Å². The lowest BCUT2D eigenvalue weighted by Crippen LogP contribution is -1.73. The van der Waals surface area contributed by atoms with E-state index in [1.54, 1.807) is 0 Å². The second kappa shape index (κ2) is 116. The first-order valence-corrected chi connectivity index (χ1v) is 30.7. The molecule has 0 fully saturated rings. The Morgan fingerprint density at radius 1 is 0.152 bits per heavy atom. The first kappa shape index (κ1) is 98.2. The molecule has 79 heavy (non-hydrogen) atoms. The van der Waals surface area contributed by atoms with Gasteiger partial charge in [-0.25, -0.2) is 0 Å². The van der Waals surface area contributed by atoms with Gasteiger partial charge < -0.3 is 0 Å². The maximum absolute atomic E-state index is 2.16. The van der Waals surface area contributed by atoms with Gasteiger partial charge in [-0.1, -0.05) is 453 Å². The normalized spacial score (nSPS) is 7.19. The molecule has 0 N–H and O–H groups in total. The highest BCUT2D eigenvalue weighted by atomic mass is 13.9. The van der Waals surface area contributed by atoms with Crippen LogP contribution in [-0.2, 0) is 25.7 Å². The van der Waals surface area contributed by atoms with Gasteiger partial charge in [0, 0.05) is 0 Å². The lowest BCUT2D eigenvalue weighted by Gasteiger charge is -1.89. The smallest absolute Gasteiger partial charge is 0.0307 e. The zero-order valence-corrected chi connectivity index (χ0v) is 55.6. The maximum atomic E-state index is 2.16. The molecule has 0 heteroatoms. The van der Waals surface area contributed by atoms with E-state index in [0.29, 0.717) is 0 Å². The molecule has 0 aliphatic carbocycles. The van der Waals surface area contributed by atoms with E-state index in [4.69, 9.17) is 0 Å². The molecule has 8 rings (SSSR count). The summed E-state index contributed by atoms with van der Waals surface area (Å²) in [4.78, 5) is 0. The van der Waals surface area contributed by atoms with Crippen molar-refractivity contribution in [1.29, 1.82) is 0 Å². The minimum absolute atomic E-state index is 0. The molecule has 0 bridgehead atoms. The monoisotopic (exact) mass is 1080 g/mol. The summed E-state index contributed by atoms with van der Waals surface area (Å²) >= 11 is 0. The first-order chi connectivity index (χ1) is 38.6. The van der Waals surface area contributed by atoms with Crippen molar-refractivity contribution in [2.24, 2.45) is 0 Å². The van der Waals surface area contributed by atoms with E-state index in [9.17, 15) is 0 Å². The van der Waals surface area contributed by atoms with Crippen molar-refractivity contribution in [2.45, 2.75) is 212 Å². The minimum atomic E-state index is 0. The van der Waals surface area contributed by atoms with Gasteiger partial charge in [0.15, 0.2) is 0 Å². The molecule has 0 heterocycles. The molecule has 0 unspecified atom stereocenters. The molecule has 0 spiro atoms. The molecule has 0 amide bonds. The highest BCUT2D eigenvalue weighted by Crippen LogP contribution is 1.99. The topological polar surface area (TPSA) is 0 Å². The molecule has 0 atom stereocenters. The minimum Gasteiger partial charge on any atom is -0.0776 e. The lowest BCUT2D eigenvalue weighted by atomic mass is 10.2. The molecule has 0 aliphatic rings. The van der Waals surface area contributed by atoms with Crippen molar-refractivity contribution in [2.75, 3.05) is 0 Å². The van der Waals surface area contributed by atoms with Gasteiger partial charge in [-0.15, -0.1) is 0 Å². The van der Waals surface area contributed by atoms with Crippen molar-refractivity contribution >= 4 is 0 Å². The average molecular weight is 1080 g/mol. The zero-order valence-electron chi connectivity index (χ0n) is 55.6. The second-order valence-corrected chi connectivity index (χ2v) is 13.4. The Morgan fingerprint density at radius 3 is 0.266 bits per heavy atom. The van der Waals surface area contributed by atoms with Crippen LogP contribution >= 0.6 is 0 Å². The molecule has 0 aliphatic heterocycles. The molecule has 0 saturated heterocycles. The summed E-state index contributed by atoms with van der Waals surface area (Å²) < 4.78 is 0. The predicted molar refractivity (Wildman–Crippen MR) is 378 cm³/mol. The van der Waals surface area contributed by atoms with Crippen LogP contribution < -0.4 is 0 Å². The van der Waals surface area contributed by atoms with E-state index in [1.807, 2.05) is 281 Å². The van der Waals surface area contributed by atoms with Crippen molar-refractivity contribution in [3.05, 3.63) is 289 Å². The lowest BCUT2D eigenvalue weighted by molar-refractivity contribution is 1.09. The van der Waals surface area contributed by atoms with Gasteiger partial charge in [0.05, 0.1) is 0 Å². The highest BCUT2D eigenvalue weighted by Gasteiger charge is 1.82. The van der Waals surface area contributed by atoms with Crippen molar-refractivity contribution in [3.63, 3.8) is 0 Å². The SMILES string of the molecule is C.CC.CC.CC.CC.CC.CC.CC.CC.CCC.CCC.CCc1ccccc1.CCc1ccccc1.CCc1ccccc1.CCc1ccccc1.c1ccccc1.c1ccccc1.c1ccccc1.c1ccccc1. The molecule has 0 nitrogen and oxygen atoms in total. The Labute approximate surface area is 498 Å². The highest BCUT2D eigenvalue weighted by molar-refractivity contribution is 5.16. The third-order valence-corrected chi connectivity index (χ3v) is 7.67. The van der Waals surface area contributed by atoms with Crippen LogP contribution in [0.15, 0.2) is 267 Å². The fourth-order valence-electron chi connectivity index (χ4n) is 4.39. The Hall–Kier alpha value is -6.24. The van der Waals surface area contributed by atoms with Gasteiger partial charge in [-0.2, -0.15) is 0 Å². The zero-order chi connectivity index (χ0) is 61.7. The van der Waals surface area contributed by atoms with Gasteiger partial charge in [-0.05, 0) is 47.9 Å². The number of hydrogen-bond donors (Lipinski definition) is 0. The van der Waals surface area contributed by atoms with Gasteiger partial charge in [0.1, 0.15) is 0 Å². The van der Waals surface area contributed by atoms with Crippen LogP contribution in [0.2, 0.25) is 0 Å².